The Morgan fingerprint density at radius 3 is 2.25 bits per heavy atom. The lowest BCUT2D eigenvalue weighted by molar-refractivity contribution is -0.117. The topological polar surface area (TPSA) is 89.3 Å². The molecule has 0 radical (unpaired) electrons. The summed E-state index contributed by atoms with van der Waals surface area (Å²) in [6.07, 6.45) is 0.352. The summed E-state index contributed by atoms with van der Waals surface area (Å²) in [6, 6.07) is 2.91. The number of hydrogen-bond acceptors (Lipinski definition) is 3. The van der Waals surface area contributed by atoms with Crippen molar-refractivity contribution in [2.24, 2.45) is 10.6 Å². The highest BCUT2D eigenvalue weighted by Gasteiger charge is 2.18. The summed E-state index contributed by atoms with van der Waals surface area (Å²) in [6.45, 7) is 9.50. The van der Waals surface area contributed by atoms with Crippen LogP contribution in [0.2, 0.25) is 0 Å². The van der Waals surface area contributed by atoms with Crippen LogP contribution >= 0.6 is 0 Å². The van der Waals surface area contributed by atoms with Gasteiger partial charge in [-0.1, -0.05) is 20.8 Å². The molecule has 0 unspecified atom stereocenters. The van der Waals surface area contributed by atoms with Crippen LogP contribution in [-0.2, 0) is 14.8 Å². The number of aryl methyl sites for hydroxylation is 1. The summed E-state index contributed by atoms with van der Waals surface area (Å²) >= 11 is 0. The van der Waals surface area contributed by atoms with Gasteiger partial charge in [0.15, 0.2) is 0 Å². The van der Waals surface area contributed by atoms with Crippen LogP contribution in [0, 0.1) is 19.3 Å². The second-order valence-electron chi connectivity index (χ2n) is 6.24. The van der Waals surface area contributed by atoms with Gasteiger partial charge in [-0.25, -0.2) is 13.6 Å². The number of benzene rings is 1. The molecule has 1 aromatic carbocycles. The average molecular weight is 298 g/mol. The molecule has 0 atom stereocenters. The molecule has 0 saturated heterocycles. The molecular weight excluding hydrogens is 276 g/mol. The van der Waals surface area contributed by atoms with Crippen LogP contribution in [-0.4, -0.2) is 14.3 Å². The largest absolute Gasteiger partial charge is 0.326 e. The van der Waals surface area contributed by atoms with E-state index in [0.717, 1.165) is 11.1 Å². The number of rotatable bonds is 3. The molecule has 20 heavy (non-hydrogen) atoms. The highest BCUT2D eigenvalue weighted by Crippen LogP contribution is 2.25. The Bertz CT molecular complexity index is 629. The average Bonchev–Trinajstić information content (AvgIpc) is 2.20. The molecule has 112 valence electrons. The number of nitrogens with one attached hydrogen (secondary N) is 1. The lowest BCUT2D eigenvalue weighted by Crippen LogP contribution is -2.21. The van der Waals surface area contributed by atoms with E-state index >= 15 is 0 Å². The number of anilines is 1. The number of primary sulfonamides is 1. The summed E-state index contributed by atoms with van der Waals surface area (Å²) in [5.41, 5.74) is 1.95. The van der Waals surface area contributed by atoms with Crippen LogP contribution in [0.5, 0.6) is 0 Å². The van der Waals surface area contributed by atoms with Gasteiger partial charge in [-0.2, -0.15) is 0 Å². The first-order chi connectivity index (χ1) is 8.90. The number of hydrogen-bond donors (Lipinski definition) is 2. The van der Waals surface area contributed by atoms with E-state index in [1.54, 1.807) is 6.92 Å². The molecule has 1 amide bonds. The van der Waals surface area contributed by atoms with E-state index in [9.17, 15) is 13.2 Å². The third-order valence-electron chi connectivity index (χ3n) is 2.93. The zero-order valence-electron chi connectivity index (χ0n) is 12.6. The molecule has 6 heteroatoms. The van der Waals surface area contributed by atoms with E-state index in [0.29, 0.717) is 12.1 Å². The molecule has 0 aliphatic rings. The van der Waals surface area contributed by atoms with Crippen LogP contribution in [0.1, 0.15) is 38.3 Å². The minimum absolute atomic E-state index is 0.00617. The second kappa shape index (κ2) is 5.54. The SMILES string of the molecule is Cc1cc(S(N)(=O)=O)cc(NC(=O)CC(C)(C)C)c1C. The van der Waals surface area contributed by atoms with Gasteiger partial charge >= 0.3 is 0 Å². The number of sulfonamides is 1. The van der Waals surface area contributed by atoms with E-state index in [4.69, 9.17) is 5.14 Å². The van der Waals surface area contributed by atoms with Crippen molar-refractivity contribution in [2.75, 3.05) is 5.32 Å². The van der Waals surface area contributed by atoms with Gasteiger partial charge in [0, 0.05) is 12.1 Å². The molecule has 0 spiro atoms. The Morgan fingerprint density at radius 2 is 1.80 bits per heavy atom. The van der Waals surface area contributed by atoms with Crippen molar-refractivity contribution in [3.05, 3.63) is 23.3 Å². The van der Waals surface area contributed by atoms with Crippen molar-refractivity contribution in [3.63, 3.8) is 0 Å². The first kappa shape index (κ1) is 16.7. The summed E-state index contributed by atoms with van der Waals surface area (Å²) in [4.78, 5) is 12.0. The fourth-order valence-electron chi connectivity index (χ4n) is 1.80. The van der Waals surface area contributed by atoms with Crippen LogP contribution in [0.25, 0.3) is 0 Å². The van der Waals surface area contributed by atoms with Crippen LogP contribution < -0.4 is 10.5 Å². The molecule has 5 nitrogen and oxygen atoms in total. The Hall–Kier alpha value is -1.40. The molecule has 1 aromatic rings. The Balaban J connectivity index is 3.13. The van der Waals surface area contributed by atoms with Gasteiger partial charge in [-0.15, -0.1) is 0 Å². The normalized spacial score (nSPS) is 12.3. The van der Waals surface area contributed by atoms with Crippen LogP contribution in [0.4, 0.5) is 5.69 Å². The predicted molar refractivity (Wildman–Crippen MR) is 80.0 cm³/mol. The summed E-state index contributed by atoms with van der Waals surface area (Å²) in [5, 5.41) is 7.90. The zero-order chi connectivity index (χ0) is 15.7. The van der Waals surface area contributed by atoms with Gasteiger partial charge in [0.2, 0.25) is 15.9 Å². The van der Waals surface area contributed by atoms with E-state index < -0.39 is 10.0 Å². The highest BCUT2D eigenvalue weighted by atomic mass is 32.2. The Labute approximate surface area is 120 Å². The molecule has 0 heterocycles. The summed E-state index contributed by atoms with van der Waals surface area (Å²) in [7, 11) is -3.79. The van der Waals surface area contributed by atoms with Crippen molar-refractivity contribution >= 4 is 21.6 Å². The van der Waals surface area contributed by atoms with Gasteiger partial charge in [0.1, 0.15) is 0 Å². The summed E-state index contributed by atoms with van der Waals surface area (Å²) < 4.78 is 22.9. The van der Waals surface area contributed by atoms with Crippen molar-refractivity contribution in [1.29, 1.82) is 0 Å². The second-order valence-corrected chi connectivity index (χ2v) is 7.80. The van der Waals surface area contributed by atoms with E-state index in [1.807, 2.05) is 27.7 Å². The Morgan fingerprint density at radius 1 is 1.25 bits per heavy atom. The maximum atomic E-state index is 12.0. The molecular formula is C14H22N2O3S. The van der Waals surface area contributed by atoms with Crippen molar-refractivity contribution in [2.45, 2.75) is 45.9 Å². The minimum Gasteiger partial charge on any atom is -0.326 e. The van der Waals surface area contributed by atoms with Crippen LogP contribution in [0.3, 0.4) is 0 Å². The highest BCUT2D eigenvalue weighted by molar-refractivity contribution is 7.89. The maximum absolute atomic E-state index is 12.0. The molecule has 0 bridgehead atoms. The fraction of sp³-hybridized carbons (Fsp3) is 0.500. The Kier molecular flexibility index (Phi) is 4.61. The fourth-order valence-corrected chi connectivity index (χ4v) is 2.42. The van der Waals surface area contributed by atoms with Crippen molar-refractivity contribution in [3.8, 4) is 0 Å². The van der Waals surface area contributed by atoms with Crippen LogP contribution in [0.15, 0.2) is 17.0 Å². The van der Waals surface area contributed by atoms with Gasteiger partial charge in [-0.3, -0.25) is 4.79 Å². The maximum Gasteiger partial charge on any atom is 0.238 e. The quantitative estimate of drug-likeness (QED) is 0.897. The lowest BCUT2D eigenvalue weighted by Gasteiger charge is -2.18. The number of nitrogens with two attached hydrogens (primary N) is 1. The molecule has 3 N–H and O–H groups in total. The van der Waals surface area contributed by atoms with Crippen molar-refractivity contribution in [1.82, 2.24) is 0 Å². The molecule has 0 aliphatic heterocycles. The smallest absolute Gasteiger partial charge is 0.238 e. The zero-order valence-corrected chi connectivity index (χ0v) is 13.4. The number of carbonyl (C=O) groups excluding carboxylic acids is 1. The van der Waals surface area contributed by atoms with Gasteiger partial charge in [0.05, 0.1) is 4.90 Å². The minimum atomic E-state index is -3.79. The first-order valence-electron chi connectivity index (χ1n) is 6.34. The number of amides is 1. The third-order valence-corrected chi connectivity index (χ3v) is 3.83. The van der Waals surface area contributed by atoms with Gasteiger partial charge in [0.25, 0.3) is 0 Å². The van der Waals surface area contributed by atoms with E-state index in [-0.39, 0.29) is 16.2 Å². The molecule has 1 rings (SSSR count). The van der Waals surface area contributed by atoms with Gasteiger partial charge < -0.3 is 5.32 Å². The van der Waals surface area contributed by atoms with Crippen molar-refractivity contribution < 1.29 is 13.2 Å². The number of carbonyl (C=O) groups is 1. The molecule has 0 aliphatic carbocycles. The third kappa shape index (κ3) is 4.61. The molecule has 0 fully saturated rings. The first-order valence-corrected chi connectivity index (χ1v) is 7.89. The molecule has 0 aromatic heterocycles. The monoisotopic (exact) mass is 298 g/mol. The van der Waals surface area contributed by atoms with E-state index in [1.165, 1.54) is 12.1 Å². The van der Waals surface area contributed by atoms with E-state index in [2.05, 4.69) is 5.32 Å². The standard InChI is InChI=1S/C14H22N2O3S/c1-9-6-11(20(15,18)19)7-12(10(9)2)16-13(17)8-14(3,4)5/h6-7H,8H2,1-5H3,(H,16,17)(H2,15,18,19). The summed E-state index contributed by atoms with van der Waals surface area (Å²) in [5.74, 6) is -0.147. The lowest BCUT2D eigenvalue weighted by atomic mass is 9.92. The predicted octanol–water partition coefficient (Wildman–Crippen LogP) is 2.33. The van der Waals surface area contributed by atoms with Gasteiger partial charge in [-0.05, 0) is 42.5 Å². The molecule has 0 saturated carbocycles.